The van der Waals surface area contributed by atoms with Crippen LogP contribution in [-0.2, 0) is 0 Å². The third kappa shape index (κ3) is 6.75. The Bertz CT molecular complexity index is 96.1. The maximum absolute atomic E-state index is 9.13. The molecule has 68 valence electrons. The van der Waals surface area contributed by atoms with E-state index in [-0.39, 0.29) is 36.0 Å². The van der Waals surface area contributed by atoms with Crippen LogP contribution in [0.4, 0.5) is 0 Å². The van der Waals surface area contributed by atoms with E-state index in [0.717, 1.165) is 19.3 Å². The minimum Gasteiger partial charge on any atom is -1.00 e. The summed E-state index contributed by atoms with van der Waals surface area (Å²) in [4.78, 5) is 0. The second-order valence-electron chi connectivity index (χ2n) is 2.74. The van der Waals surface area contributed by atoms with Gasteiger partial charge in [0.2, 0.25) is 0 Å². The standard InChI is InChI=1S/C8H17NO.HI/c1-3-4-5-8(6-9)7(2)10;/h6-10H,3-5H2,1-2H3;1H. The first-order valence-corrected chi connectivity index (χ1v) is 3.95. The summed E-state index contributed by atoms with van der Waals surface area (Å²) in [7, 11) is 0. The fourth-order valence-electron chi connectivity index (χ4n) is 0.938. The van der Waals surface area contributed by atoms with E-state index in [1.807, 2.05) is 0 Å². The molecule has 2 unspecified atom stereocenters. The topological polar surface area (TPSA) is 45.8 Å². The number of rotatable bonds is 5. The van der Waals surface area contributed by atoms with Crippen LogP contribution in [0, 0.1) is 5.92 Å². The summed E-state index contributed by atoms with van der Waals surface area (Å²) in [5, 5.41) is 14.5. The molecule has 0 aromatic rings. The Labute approximate surface area is 85.9 Å². The van der Waals surface area contributed by atoms with E-state index in [9.17, 15) is 0 Å². The number of aliphatic hydroxyl groups is 1. The highest BCUT2D eigenvalue weighted by Crippen LogP contribution is 2.08. The number of hydrogen-bond donors (Lipinski definition) is 2. The highest BCUT2D eigenvalue weighted by Gasteiger charge is 2.12. The van der Waals surface area contributed by atoms with Gasteiger partial charge < -0.3 is 29.1 Å². The Morgan fingerprint density at radius 2 is 2.09 bits per heavy atom. The van der Waals surface area contributed by atoms with Gasteiger partial charge in [-0.05, 0) is 13.3 Å². The molecule has 0 aromatic carbocycles. The fraction of sp³-hybridized carbons (Fsp3) is 0.875. The minimum absolute atomic E-state index is 0. The molecule has 11 heavy (non-hydrogen) atoms. The van der Waals surface area contributed by atoms with Gasteiger partial charge in [-0.2, -0.15) is 0 Å². The molecule has 0 rings (SSSR count). The van der Waals surface area contributed by atoms with Gasteiger partial charge in [0.25, 0.3) is 0 Å². The molecular weight excluding hydrogens is 253 g/mol. The van der Waals surface area contributed by atoms with Gasteiger partial charge in [0.1, 0.15) is 6.21 Å². The first-order chi connectivity index (χ1) is 4.72. The van der Waals surface area contributed by atoms with Crippen LogP contribution >= 0.6 is 0 Å². The molecule has 0 bridgehead atoms. The number of nitrogens with two attached hydrogens (primary N) is 1. The molecule has 3 N–H and O–H groups in total. The van der Waals surface area contributed by atoms with E-state index >= 15 is 0 Å². The summed E-state index contributed by atoms with van der Waals surface area (Å²) < 4.78 is 0. The second kappa shape index (κ2) is 8.46. The van der Waals surface area contributed by atoms with E-state index in [0.29, 0.717) is 0 Å². The molecule has 0 heterocycles. The minimum atomic E-state index is -0.295. The Hall–Kier alpha value is 0.360. The Morgan fingerprint density at radius 3 is 2.36 bits per heavy atom. The van der Waals surface area contributed by atoms with Gasteiger partial charge in [-0.1, -0.05) is 19.8 Å². The smallest absolute Gasteiger partial charge is 0.142 e. The van der Waals surface area contributed by atoms with Crippen molar-refractivity contribution >= 4 is 6.21 Å². The first-order valence-electron chi connectivity index (χ1n) is 3.95. The summed E-state index contributed by atoms with van der Waals surface area (Å²) in [6.07, 6.45) is 4.61. The SMILES string of the molecule is CCCCC(C=[NH2+])C(C)O.[I-]. The van der Waals surface area contributed by atoms with E-state index in [2.05, 4.69) is 6.92 Å². The van der Waals surface area contributed by atoms with Gasteiger partial charge >= 0.3 is 0 Å². The lowest BCUT2D eigenvalue weighted by Crippen LogP contribution is -3.00. The van der Waals surface area contributed by atoms with E-state index in [4.69, 9.17) is 10.5 Å². The monoisotopic (exact) mass is 271 g/mol. The van der Waals surface area contributed by atoms with E-state index in [1.165, 1.54) is 0 Å². The van der Waals surface area contributed by atoms with Crippen LogP contribution in [0.1, 0.15) is 33.1 Å². The predicted molar refractivity (Wildman–Crippen MR) is 42.7 cm³/mol. The lowest BCUT2D eigenvalue weighted by Gasteiger charge is -2.10. The molecule has 2 nitrogen and oxygen atoms in total. The van der Waals surface area contributed by atoms with Gasteiger partial charge in [-0.25, -0.2) is 0 Å². The van der Waals surface area contributed by atoms with Crippen molar-refractivity contribution in [2.45, 2.75) is 39.2 Å². The molecule has 0 spiro atoms. The van der Waals surface area contributed by atoms with Crippen molar-refractivity contribution in [3.8, 4) is 0 Å². The maximum Gasteiger partial charge on any atom is 0.142 e. The lowest BCUT2D eigenvalue weighted by atomic mass is 9.99. The van der Waals surface area contributed by atoms with Crippen LogP contribution in [-0.4, -0.2) is 17.4 Å². The molecule has 0 fully saturated rings. The molecule has 0 aliphatic rings. The number of hydrogen-bond acceptors (Lipinski definition) is 1. The molecule has 0 amide bonds. The zero-order chi connectivity index (χ0) is 7.98. The molecule has 0 aliphatic carbocycles. The van der Waals surface area contributed by atoms with Gasteiger partial charge in [0.15, 0.2) is 0 Å². The van der Waals surface area contributed by atoms with Crippen molar-refractivity contribution in [1.82, 2.24) is 0 Å². The number of aliphatic hydroxyl groups excluding tert-OH is 1. The third-order valence-electron chi connectivity index (χ3n) is 1.76. The van der Waals surface area contributed by atoms with Crippen LogP contribution < -0.4 is 29.4 Å². The zero-order valence-electron chi connectivity index (χ0n) is 7.26. The van der Waals surface area contributed by atoms with Crippen molar-refractivity contribution in [1.29, 1.82) is 0 Å². The third-order valence-corrected chi connectivity index (χ3v) is 1.76. The van der Waals surface area contributed by atoms with Gasteiger partial charge in [0.05, 0.1) is 12.0 Å². The summed E-state index contributed by atoms with van der Waals surface area (Å²) in [6.45, 7) is 3.92. The van der Waals surface area contributed by atoms with Crippen LogP contribution in [0.2, 0.25) is 0 Å². The molecular formula is C8H18INO. The van der Waals surface area contributed by atoms with Gasteiger partial charge in [-0.3, -0.25) is 5.41 Å². The highest BCUT2D eigenvalue weighted by molar-refractivity contribution is 5.54. The molecule has 0 aromatic heterocycles. The van der Waals surface area contributed by atoms with E-state index in [1.54, 1.807) is 13.1 Å². The van der Waals surface area contributed by atoms with Crippen molar-refractivity contribution < 1.29 is 34.5 Å². The Balaban J connectivity index is 0. The summed E-state index contributed by atoms with van der Waals surface area (Å²) in [5.74, 6) is 0.181. The molecule has 3 heteroatoms. The predicted octanol–water partition coefficient (Wildman–Crippen LogP) is -2.99. The van der Waals surface area contributed by atoms with Crippen LogP contribution in [0.3, 0.4) is 0 Å². The van der Waals surface area contributed by atoms with Crippen LogP contribution in [0.25, 0.3) is 0 Å². The largest absolute Gasteiger partial charge is 1.00 e. The van der Waals surface area contributed by atoms with Crippen LogP contribution in [0.15, 0.2) is 0 Å². The second-order valence-corrected chi connectivity index (χ2v) is 2.74. The Morgan fingerprint density at radius 1 is 1.55 bits per heavy atom. The normalized spacial score (nSPS) is 14.8. The number of unbranched alkanes of at least 4 members (excludes halogenated alkanes) is 1. The van der Waals surface area contributed by atoms with E-state index < -0.39 is 0 Å². The average molecular weight is 271 g/mol. The lowest BCUT2D eigenvalue weighted by molar-refractivity contribution is -0.114. The summed E-state index contributed by atoms with van der Waals surface area (Å²) in [5.41, 5.74) is 0. The quantitative estimate of drug-likeness (QED) is 0.406. The van der Waals surface area contributed by atoms with Crippen molar-refractivity contribution in [2.24, 2.45) is 5.92 Å². The fourth-order valence-corrected chi connectivity index (χ4v) is 0.938. The van der Waals surface area contributed by atoms with Crippen LogP contribution in [0.5, 0.6) is 0 Å². The maximum atomic E-state index is 9.13. The first kappa shape index (κ1) is 13.9. The number of halogens is 1. The summed E-state index contributed by atoms with van der Waals surface area (Å²) >= 11 is 0. The van der Waals surface area contributed by atoms with Gasteiger partial charge in [0, 0.05) is 0 Å². The zero-order valence-corrected chi connectivity index (χ0v) is 9.41. The molecule has 0 saturated heterocycles. The van der Waals surface area contributed by atoms with Gasteiger partial charge in [-0.15, -0.1) is 0 Å². The summed E-state index contributed by atoms with van der Waals surface area (Å²) in [6, 6.07) is 0. The molecule has 2 atom stereocenters. The van der Waals surface area contributed by atoms with Crippen molar-refractivity contribution in [3.05, 3.63) is 0 Å². The van der Waals surface area contributed by atoms with Crippen molar-refractivity contribution in [2.75, 3.05) is 0 Å². The average Bonchev–Trinajstić information content (AvgIpc) is 1.89. The molecule has 0 radical (unpaired) electrons. The van der Waals surface area contributed by atoms with Crippen molar-refractivity contribution in [3.63, 3.8) is 0 Å². The molecule has 0 saturated carbocycles. The Kier molecular flexibility index (Phi) is 10.7. The highest BCUT2D eigenvalue weighted by atomic mass is 127. The molecule has 0 aliphatic heterocycles.